The number of nitrogens with zero attached hydrogens (tertiary/aromatic N) is 4. The lowest BCUT2D eigenvalue weighted by Gasteiger charge is -2.37. The van der Waals surface area contributed by atoms with E-state index in [0.717, 1.165) is 31.0 Å². The minimum absolute atomic E-state index is 0.0543. The molecule has 0 amide bonds. The molecule has 1 aliphatic rings. The highest BCUT2D eigenvalue weighted by Crippen LogP contribution is 2.29. The molecule has 2 unspecified atom stereocenters. The van der Waals surface area contributed by atoms with Gasteiger partial charge in [0.25, 0.3) is 0 Å². The third kappa shape index (κ3) is 4.07. The first kappa shape index (κ1) is 17.8. The average Bonchev–Trinajstić information content (AvgIpc) is 3.12. The van der Waals surface area contributed by atoms with E-state index in [0.29, 0.717) is 12.6 Å². The van der Waals surface area contributed by atoms with Gasteiger partial charge in [0.1, 0.15) is 12.1 Å². The molecule has 2 heterocycles. The van der Waals surface area contributed by atoms with Gasteiger partial charge in [0.05, 0.1) is 12.6 Å². The molecular weight excluding hydrogens is 341 g/mol. The van der Waals surface area contributed by atoms with Gasteiger partial charge >= 0.3 is 0 Å². The van der Waals surface area contributed by atoms with E-state index in [9.17, 15) is 4.39 Å². The molecule has 27 heavy (non-hydrogen) atoms. The molecular formula is C21H24FN5. The summed E-state index contributed by atoms with van der Waals surface area (Å²) in [6.45, 7) is 5.63. The molecule has 1 aliphatic heterocycles. The summed E-state index contributed by atoms with van der Waals surface area (Å²) in [7, 11) is 0. The molecule has 4 rings (SSSR count). The quantitative estimate of drug-likeness (QED) is 0.755. The van der Waals surface area contributed by atoms with Gasteiger partial charge in [-0.3, -0.25) is 4.90 Å². The van der Waals surface area contributed by atoms with Gasteiger partial charge in [-0.15, -0.1) is 10.2 Å². The molecule has 0 saturated carbocycles. The SMILES string of the molecule is CC1CN(C(c2ccc(F)cc2)c2nncn2Cc2ccccc2)CCN1. The first-order valence-corrected chi connectivity index (χ1v) is 9.35. The molecule has 0 bridgehead atoms. The van der Waals surface area contributed by atoms with Crippen LogP contribution in [0.5, 0.6) is 0 Å². The zero-order valence-corrected chi connectivity index (χ0v) is 15.4. The second-order valence-corrected chi connectivity index (χ2v) is 7.11. The predicted octanol–water partition coefficient (Wildman–Crippen LogP) is 2.85. The van der Waals surface area contributed by atoms with Crippen LogP contribution in [0.25, 0.3) is 0 Å². The number of benzene rings is 2. The monoisotopic (exact) mass is 365 g/mol. The Morgan fingerprint density at radius 2 is 1.93 bits per heavy atom. The smallest absolute Gasteiger partial charge is 0.155 e. The van der Waals surface area contributed by atoms with Gasteiger partial charge in [-0.05, 0) is 30.2 Å². The number of piperazine rings is 1. The van der Waals surface area contributed by atoms with E-state index in [-0.39, 0.29) is 11.9 Å². The zero-order chi connectivity index (χ0) is 18.6. The summed E-state index contributed by atoms with van der Waals surface area (Å²) in [6, 6.07) is 17.4. The van der Waals surface area contributed by atoms with Crippen LogP contribution < -0.4 is 5.32 Å². The molecule has 1 aromatic heterocycles. The van der Waals surface area contributed by atoms with Gasteiger partial charge in [-0.25, -0.2) is 4.39 Å². The Kier molecular flexibility index (Phi) is 5.27. The van der Waals surface area contributed by atoms with Crippen LogP contribution in [0, 0.1) is 5.82 Å². The fraction of sp³-hybridized carbons (Fsp3) is 0.333. The Balaban J connectivity index is 1.70. The number of hydrogen-bond donors (Lipinski definition) is 1. The summed E-state index contributed by atoms with van der Waals surface area (Å²) in [5, 5.41) is 12.1. The van der Waals surface area contributed by atoms with Crippen LogP contribution >= 0.6 is 0 Å². The molecule has 3 aromatic rings. The van der Waals surface area contributed by atoms with Crippen molar-refractivity contribution >= 4 is 0 Å². The van der Waals surface area contributed by atoms with Crippen molar-refractivity contribution in [1.82, 2.24) is 25.0 Å². The van der Waals surface area contributed by atoms with E-state index in [4.69, 9.17) is 0 Å². The molecule has 2 aromatic carbocycles. The fourth-order valence-corrected chi connectivity index (χ4v) is 3.74. The second kappa shape index (κ2) is 7.98. The van der Waals surface area contributed by atoms with Crippen molar-refractivity contribution < 1.29 is 4.39 Å². The van der Waals surface area contributed by atoms with Gasteiger partial charge in [0.15, 0.2) is 5.82 Å². The van der Waals surface area contributed by atoms with Crippen LogP contribution in [0.4, 0.5) is 4.39 Å². The molecule has 0 aliphatic carbocycles. The van der Waals surface area contributed by atoms with Crippen molar-refractivity contribution in [1.29, 1.82) is 0 Å². The van der Waals surface area contributed by atoms with Crippen molar-refractivity contribution in [2.75, 3.05) is 19.6 Å². The van der Waals surface area contributed by atoms with Crippen molar-refractivity contribution in [3.05, 3.63) is 83.7 Å². The zero-order valence-electron chi connectivity index (χ0n) is 15.4. The lowest BCUT2D eigenvalue weighted by Crippen LogP contribution is -2.50. The molecule has 0 radical (unpaired) electrons. The molecule has 140 valence electrons. The lowest BCUT2D eigenvalue weighted by molar-refractivity contribution is 0.162. The minimum Gasteiger partial charge on any atom is -0.312 e. The maximum Gasteiger partial charge on any atom is 0.155 e. The number of aromatic nitrogens is 3. The van der Waals surface area contributed by atoms with Gasteiger partial charge < -0.3 is 9.88 Å². The van der Waals surface area contributed by atoms with Crippen LogP contribution in [0.1, 0.15) is 29.9 Å². The third-order valence-corrected chi connectivity index (χ3v) is 5.04. The fourth-order valence-electron chi connectivity index (χ4n) is 3.74. The van der Waals surface area contributed by atoms with Crippen LogP contribution in [-0.2, 0) is 6.54 Å². The Labute approximate surface area is 158 Å². The highest BCUT2D eigenvalue weighted by atomic mass is 19.1. The molecule has 1 saturated heterocycles. The van der Waals surface area contributed by atoms with E-state index in [1.165, 1.54) is 17.7 Å². The average molecular weight is 365 g/mol. The van der Waals surface area contributed by atoms with Gasteiger partial charge in [-0.1, -0.05) is 42.5 Å². The summed E-state index contributed by atoms with van der Waals surface area (Å²) in [6.07, 6.45) is 1.78. The van der Waals surface area contributed by atoms with Crippen molar-refractivity contribution in [2.24, 2.45) is 0 Å². The normalized spacial score (nSPS) is 19.1. The predicted molar refractivity (Wildman–Crippen MR) is 103 cm³/mol. The van der Waals surface area contributed by atoms with Gasteiger partial charge in [0, 0.05) is 25.7 Å². The minimum atomic E-state index is -0.225. The van der Waals surface area contributed by atoms with Crippen molar-refractivity contribution in [2.45, 2.75) is 25.6 Å². The Hall–Kier alpha value is -2.57. The summed E-state index contributed by atoms with van der Waals surface area (Å²) < 4.78 is 15.6. The van der Waals surface area contributed by atoms with Crippen molar-refractivity contribution in [3.8, 4) is 0 Å². The maximum absolute atomic E-state index is 13.5. The Morgan fingerprint density at radius 3 is 2.67 bits per heavy atom. The highest BCUT2D eigenvalue weighted by Gasteiger charge is 2.30. The number of rotatable bonds is 5. The van der Waals surface area contributed by atoms with Gasteiger partial charge in [-0.2, -0.15) is 0 Å². The molecule has 1 fully saturated rings. The maximum atomic E-state index is 13.5. The number of nitrogens with one attached hydrogen (secondary N) is 1. The first-order chi connectivity index (χ1) is 13.2. The Morgan fingerprint density at radius 1 is 1.15 bits per heavy atom. The Bertz CT molecular complexity index is 862. The number of halogens is 1. The van der Waals surface area contributed by atoms with E-state index in [2.05, 4.69) is 44.0 Å². The molecule has 5 nitrogen and oxygen atoms in total. The summed E-state index contributed by atoms with van der Waals surface area (Å²) in [5.74, 6) is 0.663. The summed E-state index contributed by atoms with van der Waals surface area (Å²) >= 11 is 0. The summed E-state index contributed by atoms with van der Waals surface area (Å²) in [5.41, 5.74) is 2.23. The van der Waals surface area contributed by atoms with Crippen LogP contribution in [-0.4, -0.2) is 45.3 Å². The second-order valence-electron chi connectivity index (χ2n) is 7.11. The molecule has 1 N–H and O–H groups in total. The van der Waals surface area contributed by atoms with Crippen molar-refractivity contribution in [3.63, 3.8) is 0 Å². The third-order valence-electron chi connectivity index (χ3n) is 5.04. The van der Waals surface area contributed by atoms with E-state index >= 15 is 0 Å². The van der Waals surface area contributed by atoms with Crippen LogP contribution in [0.15, 0.2) is 60.9 Å². The largest absolute Gasteiger partial charge is 0.312 e. The van der Waals surface area contributed by atoms with E-state index in [1.54, 1.807) is 6.33 Å². The van der Waals surface area contributed by atoms with E-state index < -0.39 is 0 Å². The molecule has 2 atom stereocenters. The standard InChI is InChI=1S/C21H24FN5/c1-16-13-26(12-11-23-16)20(18-7-9-19(22)10-8-18)21-25-24-15-27(21)14-17-5-3-2-4-6-17/h2-10,15-16,20,23H,11-14H2,1H3. The highest BCUT2D eigenvalue weighted by molar-refractivity contribution is 5.27. The number of hydrogen-bond acceptors (Lipinski definition) is 4. The van der Waals surface area contributed by atoms with Crippen LogP contribution in [0.3, 0.4) is 0 Å². The van der Waals surface area contributed by atoms with Gasteiger partial charge in [0.2, 0.25) is 0 Å². The van der Waals surface area contributed by atoms with E-state index in [1.807, 2.05) is 30.3 Å². The first-order valence-electron chi connectivity index (χ1n) is 9.35. The lowest BCUT2D eigenvalue weighted by atomic mass is 10.0. The molecule has 0 spiro atoms. The summed E-state index contributed by atoms with van der Waals surface area (Å²) in [4.78, 5) is 2.40. The van der Waals surface area contributed by atoms with Crippen LogP contribution in [0.2, 0.25) is 0 Å². The molecule has 6 heteroatoms. The topological polar surface area (TPSA) is 46.0 Å².